The molecule has 3 nitrogen and oxygen atoms in total. The molecule has 0 heterocycles. The average molecular weight is 312 g/mol. The Morgan fingerprint density at radius 2 is 2.10 bits per heavy atom. The number of aliphatic hydroxyl groups is 1. The van der Waals surface area contributed by atoms with E-state index in [4.69, 9.17) is 16.3 Å². The van der Waals surface area contributed by atoms with Gasteiger partial charge < -0.3 is 15.2 Å². The topological polar surface area (TPSA) is 41.5 Å². The molecule has 0 radical (unpaired) electrons. The highest BCUT2D eigenvalue weighted by Gasteiger charge is 2.25. The molecule has 118 valence electrons. The lowest BCUT2D eigenvalue weighted by Crippen LogP contribution is -2.35. The zero-order valence-electron chi connectivity index (χ0n) is 12.9. The van der Waals surface area contributed by atoms with E-state index in [9.17, 15) is 5.11 Å². The molecule has 1 aromatic carbocycles. The van der Waals surface area contributed by atoms with Crippen molar-refractivity contribution >= 4 is 11.6 Å². The number of hydrogen-bond donors (Lipinski definition) is 2. The molecule has 0 amide bonds. The monoisotopic (exact) mass is 311 g/mol. The first-order valence-electron chi connectivity index (χ1n) is 7.90. The predicted molar refractivity (Wildman–Crippen MR) is 86.9 cm³/mol. The van der Waals surface area contributed by atoms with Crippen molar-refractivity contribution in [2.45, 2.75) is 58.3 Å². The summed E-state index contributed by atoms with van der Waals surface area (Å²) in [4.78, 5) is 0. The summed E-state index contributed by atoms with van der Waals surface area (Å²) in [7, 11) is 0. The Kier molecular flexibility index (Phi) is 6.34. The summed E-state index contributed by atoms with van der Waals surface area (Å²) in [5.74, 6) is 1.44. The van der Waals surface area contributed by atoms with Crippen molar-refractivity contribution in [3.8, 4) is 5.75 Å². The average Bonchev–Trinajstić information content (AvgIpc) is 2.43. The molecule has 0 bridgehead atoms. The first-order valence-corrected chi connectivity index (χ1v) is 8.28. The minimum atomic E-state index is -0.356. The summed E-state index contributed by atoms with van der Waals surface area (Å²) in [5.41, 5.74) is 1.06. The lowest BCUT2D eigenvalue weighted by atomic mass is 9.95. The Morgan fingerprint density at radius 3 is 2.81 bits per heavy atom. The van der Waals surface area contributed by atoms with Crippen LogP contribution in [-0.4, -0.2) is 23.9 Å². The van der Waals surface area contributed by atoms with Crippen LogP contribution in [0.15, 0.2) is 18.2 Å². The van der Waals surface area contributed by atoms with Crippen molar-refractivity contribution in [2.75, 3.05) is 6.54 Å². The van der Waals surface area contributed by atoms with Crippen LogP contribution in [0, 0.1) is 5.92 Å². The third kappa shape index (κ3) is 5.17. The van der Waals surface area contributed by atoms with Crippen LogP contribution in [0.4, 0.5) is 0 Å². The van der Waals surface area contributed by atoms with E-state index in [1.165, 1.54) is 0 Å². The van der Waals surface area contributed by atoms with E-state index in [2.05, 4.69) is 19.2 Å². The van der Waals surface area contributed by atoms with E-state index < -0.39 is 0 Å². The lowest BCUT2D eigenvalue weighted by molar-refractivity contribution is 0.00636. The van der Waals surface area contributed by atoms with Gasteiger partial charge in [0.2, 0.25) is 0 Å². The summed E-state index contributed by atoms with van der Waals surface area (Å²) in [6, 6.07) is 5.70. The van der Waals surface area contributed by atoms with E-state index in [0.717, 1.165) is 50.1 Å². The van der Waals surface area contributed by atoms with Gasteiger partial charge in [0.1, 0.15) is 11.9 Å². The Morgan fingerprint density at radius 1 is 1.33 bits per heavy atom. The predicted octanol–water partition coefficient (Wildman–Crippen LogP) is 3.77. The quantitative estimate of drug-likeness (QED) is 0.840. The van der Waals surface area contributed by atoms with Crippen molar-refractivity contribution in [1.82, 2.24) is 5.32 Å². The van der Waals surface area contributed by atoms with Gasteiger partial charge in [0.05, 0.1) is 6.10 Å². The number of ether oxygens (including phenoxy) is 1. The van der Waals surface area contributed by atoms with Gasteiger partial charge in [-0.25, -0.2) is 0 Å². The van der Waals surface area contributed by atoms with E-state index in [-0.39, 0.29) is 12.2 Å². The van der Waals surface area contributed by atoms with Gasteiger partial charge in [-0.15, -0.1) is 0 Å². The van der Waals surface area contributed by atoms with E-state index in [1.54, 1.807) is 0 Å². The standard InChI is InChI=1S/C17H26ClNO2/c1-12(2)10-19-11-13-9-14(18)7-8-16(13)21-17-6-4-3-5-15(17)20/h7-9,12,15,17,19-20H,3-6,10-11H2,1-2H3. The molecular formula is C17H26ClNO2. The normalized spacial score (nSPS) is 22.5. The number of benzene rings is 1. The Bertz CT molecular complexity index is 450. The highest BCUT2D eigenvalue weighted by Crippen LogP contribution is 2.28. The van der Waals surface area contributed by atoms with Gasteiger partial charge in [0.15, 0.2) is 0 Å². The molecular weight excluding hydrogens is 286 g/mol. The molecule has 4 heteroatoms. The second-order valence-electron chi connectivity index (χ2n) is 6.28. The highest BCUT2D eigenvalue weighted by molar-refractivity contribution is 6.30. The van der Waals surface area contributed by atoms with Gasteiger partial charge >= 0.3 is 0 Å². The molecule has 2 unspecified atom stereocenters. The second-order valence-corrected chi connectivity index (χ2v) is 6.72. The molecule has 2 rings (SSSR count). The lowest BCUT2D eigenvalue weighted by Gasteiger charge is -2.29. The zero-order chi connectivity index (χ0) is 15.2. The van der Waals surface area contributed by atoms with Crippen LogP contribution in [-0.2, 0) is 6.54 Å². The maximum atomic E-state index is 10.1. The van der Waals surface area contributed by atoms with Crippen LogP contribution in [0.2, 0.25) is 5.02 Å². The maximum absolute atomic E-state index is 10.1. The number of rotatable bonds is 6. The van der Waals surface area contributed by atoms with Gasteiger partial charge in [-0.3, -0.25) is 0 Å². The zero-order valence-corrected chi connectivity index (χ0v) is 13.7. The van der Waals surface area contributed by atoms with Crippen LogP contribution < -0.4 is 10.1 Å². The van der Waals surface area contributed by atoms with E-state index >= 15 is 0 Å². The first-order chi connectivity index (χ1) is 10.1. The smallest absolute Gasteiger partial charge is 0.124 e. The molecule has 0 saturated heterocycles. The van der Waals surface area contributed by atoms with E-state index in [1.807, 2.05) is 18.2 Å². The van der Waals surface area contributed by atoms with Gasteiger partial charge in [-0.2, -0.15) is 0 Å². The first kappa shape index (κ1) is 16.6. The minimum Gasteiger partial charge on any atom is -0.487 e. The molecule has 0 aliphatic heterocycles. The molecule has 1 aliphatic rings. The summed E-state index contributed by atoms with van der Waals surface area (Å²) < 4.78 is 6.06. The van der Waals surface area contributed by atoms with Gasteiger partial charge in [-0.05, 0) is 49.9 Å². The van der Waals surface area contributed by atoms with Crippen LogP contribution in [0.25, 0.3) is 0 Å². The molecule has 1 saturated carbocycles. The third-order valence-corrected chi connectivity index (χ3v) is 4.07. The van der Waals surface area contributed by atoms with Crippen LogP contribution in [0.3, 0.4) is 0 Å². The maximum Gasteiger partial charge on any atom is 0.124 e. The van der Waals surface area contributed by atoms with Crippen molar-refractivity contribution < 1.29 is 9.84 Å². The number of aliphatic hydroxyl groups excluding tert-OH is 1. The molecule has 2 N–H and O–H groups in total. The SMILES string of the molecule is CC(C)CNCc1cc(Cl)ccc1OC1CCCCC1O. The fraction of sp³-hybridized carbons (Fsp3) is 0.647. The summed E-state index contributed by atoms with van der Waals surface area (Å²) >= 11 is 6.10. The van der Waals surface area contributed by atoms with Crippen LogP contribution in [0.5, 0.6) is 5.75 Å². The van der Waals surface area contributed by atoms with E-state index in [0.29, 0.717) is 10.9 Å². The largest absolute Gasteiger partial charge is 0.487 e. The Labute approximate surface area is 132 Å². The summed E-state index contributed by atoms with van der Waals surface area (Å²) in [5, 5.41) is 14.2. The third-order valence-electron chi connectivity index (χ3n) is 3.84. The van der Waals surface area contributed by atoms with Crippen molar-refractivity contribution in [2.24, 2.45) is 5.92 Å². The number of hydrogen-bond acceptors (Lipinski definition) is 3. The van der Waals surface area contributed by atoms with Crippen molar-refractivity contribution in [3.05, 3.63) is 28.8 Å². The number of nitrogens with one attached hydrogen (secondary N) is 1. The molecule has 1 fully saturated rings. The fourth-order valence-electron chi connectivity index (χ4n) is 2.67. The fourth-order valence-corrected chi connectivity index (χ4v) is 2.87. The van der Waals surface area contributed by atoms with Crippen LogP contribution in [0.1, 0.15) is 45.1 Å². The summed E-state index contributed by atoms with van der Waals surface area (Å²) in [6.07, 6.45) is 3.51. The molecule has 0 aromatic heterocycles. The number of halogens is 1. The van der Waals surface area contributed by atoms with Crippen molar-refractivity contribution in [1.29, 1.82) is 0 Å². The van der Waals surface area contributed by atoms with Crippen molar-refractivity contribution in [3.63, 3.8) is 0 Å². The molecule has 2 atom stereocenters. The summed E-state index contributed by atoms with van der Waals surface area (Å²) in [6.45, 7) is 6.05. The van der Waals surface area contributed by atoms with Gasteiger partial charge in [-0.1, -0.05) is 31.9 Å². The second kappa shape index (κ2) is 8.02. The highest BCUT2D eigenvalue weighted by atomic mass is 35.5. The van der Waals surface area contributed by atoms with Gasteiger partial charge in [0.25, 0.3) is 0 Å². The molecule has 0 spiro atoms. The molecule has 1 aromatic rings. The molecule has 21 heavy (non-hydrogen) atoms. The molecule has 1 aliphatic carbocycles. The minimum absolute atomic E-state index is 0.0937. The van der Waals surface area contributed by atoms with Crippen LogP contribution >= 0.6 is 11.6 Å². The Hall–Kier alpha value is -0.770. The van der Waals surface area contributed by atoms with Gasteiger partial charge in [0, 0.05) is 17.1 Å². The Balaban J connectivity index is 2.03.